The molecule has 0 heterocycles. The summed E-state index contributed by atoms with van der Waals surface area (Å²) >= 11 is 0. The van der Waals surface area contributed by atoms with Crippen molar-refractivity contribution in [3.63, 3.8) is 0 Å². The number of hydrogen-bond donors (Lipinski definition) is 3. The number of aliphatic hydroxyl groups is 1. The number of unbranched alkanes of at least 4 members (excludes halogenated alkanes) is 1. The summed E-state index contributed by atoms with van der Waals surface area (Å²) in [5.41, 5.74) is 0. The molecule has 0 spiro atoms. The van der Waals surface area contributed by atoms with Gasteiger partial charge in [0.15, 0.2) is 0 Å². The number of imide groups is 1. The minimum absolute atomic E-state index is 0.0191. The van der Waals surface area contributed by atoms with E-state index in [1.54, 1.807) is 0 Å². The van der Waals surface area contributed by atoms with E-state index >= 15 is 0 Å². The average molecular weight is 285 g/mol. The molecule has 1 rings (SSSR count). The van der Waals surface area contributed by atoms with E-state index in [1.807, 2.05) is 4.90 Å². The normalized spacial score (nSPS) is 15.6. The molecule has 6 heteroatoms. The molecule has 0 aliphatic heterocycles. The molecule has 6 nitrogen and oxygen atoms in total. The van der Waals surface area contributed by atoms with Crippen molar-refractivity contribution in [3.8, 4) is 0 Å². The van der Waals surface area contributed by atoms with Crippen LogP contribution in [-0.2, 0) is 4.79 Å². The second-order valence-electron chi connectivity index (χ2n) is 5.36. The molecule has 0 bridgehead atoms. The third-order valence-corrected chi connectivity index (χ3v) is 3.55. The van der Waals surface area contributed by atoms with Crippen LogP contribution in [0.4, 0.5) is 4.79 Å². The van der Waals surface area contributed by atoms with Gasteiger partial charge in [-0.3, -0.25) is 15.0 Å². The maximum atomic E-state index is 11.8. The Kier molecular flexibility index (Phi) is 8.22. The summed E-state index contributed by atoms with van der Waals surface area (Å²) in [5.74, 6) is -0.315. The van der Waals surface area contributed by atoms with Crippen molar-refractivity contribution in [3.05, 3.63) is 0 Å². The third-order valence-electron chi connectivity index (χ3n) is 3.55. The van der Waals surface area contributed by atoms with Gasteiger partial charge in [-0.05, 0) is 25.8 Å². The standard InChI is InChI=1S/C14H27N3O3/c1-2-3-8-17(9-10-18)11-13(19)16-14(20)15-12-6-4-5-7-12/h12,18H,2-11H2,1H3,(H2,15,16,19,20). The van der Waals surface area contributed by atoms with E-state index in [-0.39, 0.29) is 25.1 Å². The van der Waals surface area contributed by atoms with Gasteiger partial charge in [0.05, 0.1) is 13.2 Å². The first-order valence-corrected chi connectivity index (χ1v) is 7.59. The minimum Gasteiger partial charge on any atom is -0.395 e. The van der Waals surface area contributed by atoms with Crippen LogP contribution in [0.2, 0.25) is 0 Å². The van der Waals surface area contributed by atoms with Gasteiger partial charge >= 0.3 is 6.03 Å². The summed E-state index contributed by atoms with van der Waals surface area (Å²) in [6.07, 6.45) is 6.27. The molecule has 3 amide bonds. The lowest BCUT2D eigenvalue weighted by Crippen LogP contribution is -2.47. The zero-order valence-electron chi connectivity index (χ0n) is 12.4. The lowest BCUT2D eigenvalue weighted by molar-refractivity contribution is -0.121. The van der Waals surface area contributed by atoms with Gasteiger partial charge in [-0.15, -0.1) is 0 Å². The van der Waals surface area contributed by atoms with E-state index in [9.17, 15) is 9.59 Å². The number of rotatable bonds is 8. The molecule has 0 radical (unpaired) electrons. The summed E-state index contributed by atoms with van der Waals surface area (Å²) < 4.78 is 0. The molecule has 1 aliphatic carbocycles. The molecule has 0 atom stereocenters. The van der Waals surface area contributed by atoms with E-state index < -0.39 is 6.03 Å². The molecule has 0 aromatic carbocycles. The van der Waals surface area contributed by atoms with Gasteiger partial charge in [-0.1, -0.05) is 26.2 Å². The van der Waals surface area contributed by atoms with Gasteiger partial charge in [0.2, 0.25) is 5.91 Å². The molecule has 3 N–H and O–H groups in total. The summed E-state index contributed by atoms with van der Waals surface area (Å²) in [6, 6.07) is -0.197. The summed E-state index contributed by atoms with van der Waals surface area (Å²) in [7, 11) is 0. The first-order chi connectivity index (χ1) is 9.65. The largest absolute Gasteiger partial charge is 0.395 e. The van der Waals surface area contributed by atoms with Crippen LogP contribution in [0.3, 0.4) is 0 Å². The predicted octanol–water partition coefficient (Wildman–Crippen LogP) is 0.849. The Bertz CT molecular complexity index is 304. The maximum Gasteiger partial charge on any atom is 0.321 e. The third kappa shape index (κ3) is 6.86. The Balaban J connectivity index is 2.26. The van der Waals surface area contributed by atoms with Crippen LogP contribution in [0.25, 0.3) is 0 Å². The Morgan fingerprint density at radius 3 is 2.55 bits per heavy atom. The van der Waals surface area contributed by atoms with Crippen LogP contribution in [0.15, 0.2) is 0 Å². The highest BCUT2D eigenvalue weighted by Gasteiger charge is 2.18. The second-order valence-corrected chi connectivity index (χ2v) is 5.36. The summed E-state index contributed by atoms with van der Waals surface area (Å²) in [5, 5.41) is 14.1. The number of carbonyl (C=O) groups excluding carboxylic acids is 2. The molecule has 20 heavy (non-hydrogen) atoms. The molecule has 0 saturated heterocycles. The Morgan fingerprint density at radius 2 is 1.95 bits per heavy atom. The highest BCUT2D eigenvalue weighted by atomic mass is 16.3. The number of nitrogens with one attached hydrogen (secondary N) is 2. The highest BCUT2D eigenvalue weighted by Crippen LogP contribution is 2.17. The van der Waals surface area contributed by atoms with Crippen molar-refractivity contribution in [2.24, 2.45) is 0 Å². The molecule has 116 valence electrons. The average Bonchev–Trinajstić information content (AvgIpc) is 2.88. The molecule has 1 aliphatic rings. The topological polar surface area (TPSA) is 81.7 Å². The van der Waals surface area contributed by atoms with Crippen LogP contribution in [0, 0.1) is 0 Å². The zero-order chi connectivity index (χ0) is 14.8. The zero-order valence-corrected chi connectivity index (χ0v) is 12.4. The Hall–Kier alpha value is -1.14. The van der Waals surface area contributed by atoms with Gasteiger partial charge in [0.25, 0.3) is 0 Å². The van der Waals surface area contributed by atoms with Crippen molar-refractivity contribution < 1.29 is 14.7 Å². The predicted molar refractivity (Wildman–Crippen MR) is 77.4 cm³/mol. The van der Waals surface area contributed by atoms with Crippen LogP contribution in [0.5, 0.6) is 0 Å². The van der Waals surface area contributed by atoms with Crippen molar-refractivity contribution in [2.45, 2.75) is 51.5 Å². The fourth-order valence-electron chi connectivity index (χ4n) is 2.45. The van der Waals surface area contributed by atoms with Crippen molar-refractivity contribution >= 4 is 11.9 Å². The number of hydrogen-bond acceptors (Lipinski definition) is 4. The molecule has 1 saturated carbocycles. The van der Waals surface area contributed by atoms with Gasteiger partial charge in [-0.25, -0.2) is 4.79 Å². The van der Waals surface area contributed by atoms with Crippen LogP contribution < -0.4 is 10.6 Å². The van der Waals surface area contributed by atoms with Gasteiger partial charge in [0.1, 0.15) is 0 Å². The number of urea groups is 1. The van der Waals surface area contributed by atoms with Crippen LogP contribution in [-0.4, -0.2) is 54.2 Å². The first-order valence-electron chi connectivity index (χ1n) is 7.59. The maximum absolute atomic E-state index is 11.8. The molecule has 1 fully saturated rings. The van der Waals surface area contributed by atoms with Crippen molar-refractivity contribution in [1.82, 2.24) is 15.5 Å². The molecular formula is C14H27N3O3. The van der Waals surface area contributed by atoms with Gasteiger partial charge in [-0.2, -0.15) is 0 Å². The summed E-state index contributed by atoms with van der Waals surface area (Å²) in [6.45, 7) is 3.46. The van der Waals surface area contributed by atoms with Gasteiger partial charge in [0, 0.05) is 12.6 Å². The highest BCUT2D eigenvalue weighted by molar-refractivity contribution is 5.95. The van der Waals surface area contributed by atoms with Crippen LogP contribution >= 0.6 is 0 Å². The lowest BCUT2D eigenvalue weighted by atomic mass is 10.2. The van der Waals surface area contributed by atoms with Gasteiger partial charge < -0.3 is 10.4 Å². The summed E-state index contributed by atoms with van der Waals surface area (Å²) in [4.78, 5) is 25.3. The molecule has 0 aromatic heterocycles. The lowest BCUT2D eigenvalue weighted by Gasteiger charge is -2.20. The number of nitrogens with zero attached hydrogens (tertiary/aromatic N) is 1. The van der Waals surface area contributed by atoms with E-state index in [0.29, 0.717) is 6.54 Å². The smallest absolute Gasteiger partial charge is 0.321 e. The van der Waals surface area contributed by atoms with E-state index in [0.717, 1.165) is 45.1 Å². The Labute approximate surface area is 120 Å². The van der Waals surface area contributed by atoms with Crippen molar-refractivity contribution in [2.75, 3.05) is 26.2 Å². The number of carbonyl (C=O) groups is 2. The Morgan fingerprint density at radius 1 is 1.25 bits per heavy atom. The minimum atomic E-state index is -0.402. The van der Waals surface area contributed by atoms with E-state index in [4.69, 9.17) is 5.11 Å². The molecule has 0 aromatic rings. The second kappa shape index (κ2) is 9.72. The fraction of sp³-hybridized carbons (Fsp3) is 0.857. The first kappa shape index (κ1) is 16.9. The van der Waals surface area contributed by atoms with Crippen LogP contribution in [0.1, 0.15) is 45.4 Å². The quantitative estimate of drug-likeness (QED) is 0.617. The fourth-order valence-corrected chi connectivity index (χ4v) is 2.45. The SMILES string of the molecule is CCCCN(CCO)CC(=O)NC(=O)NC1CCCC1. The number of aliphatic hydroxyl groups excluding tert-OH is 1. The van der Waals surface area contributed by atoms with E-state index in [2.05, 4.69) is 17.6 Å². The molecule has 0 unspecified atom stereocenters. The van der Waals surface area contributed by atoms with Crippen molar-refractivity contribution in [1.29, 1.82) is 0 Å². The number of amides is 3. The molecular weight excluding hydrogens is 258 g/mol. The van der Waals surface area contributed by atoms with E-state index in [1.165, 1.54) is 0 Å². The monoisotopic (exact) mass is 285 g/mol.